The minimum atomic E-state index is -0.223. The third kappa shape index (κ3) is 3.79. The fourth-order valence-corrected chi connectivity index (χ4v) is 3.74. The van der Waals surface area contributed by atoms with Crippen molar-refractivity contribution < 1.29 is 19.4 Å². The SMILES string of the molecule is CCOc1ccc(N2C(=O)/C(=C/c3cc(I)c(O)c(OC)c3)N(C)C2=S)cc1. The minimum absolute atomic E-state index is 0.0721. The predicted octanol–water partition coefficient (Wildman–Crippen LogP) is 4.01. The molecule has 1 saturated heterocycles. The Hall–Kier alpha value is -2.33. The van der Waals surface area contributed by atoms with E-state index in [1.165, 1.54) is 12.0 Å². The highest BCUT2D eigenvalue weighted by Crippen LogP contribution is 2.34. The lowest BCUT2D eigenvalue weighted by atomic mass is 10.1. The molecule has 6 nitrogen and oxygen atoms in total. The molecule has 1 aliphatic rings. The Morgan fingerprint density at radius 3 is 2.54 bits per heavy atom. The molecule has 146 valence electrons. The van der Waals surface area contributed by atoms with Crippen LogP contribution in [0.3, 0.4) is 0 Å². The summed E-state index contributed by atoms with van der Waals surface area (Å²) >= 11 is 7.50. The molecular formula is C20H19IN2O4S. The Kier molecular flexibility index (Phi) is 6.09. The molecule has 0 spiro atoms. The number of phenols is 1. The van der Waals surface area contributed by atoms with Gasteiger partial charge in [0.15, 0.2) is 16.6 Å². The van der Waals surface area contributed by atoms with Crippen molar-refractivity contribution in [3.63, 3.8) is 0 Å². The van der Waals surface area contributed by atoms with Gasteiger partial charge in [-0.1, -0.05) is 0 Å². The molecule has 2 aromatic carbocycles. The number of phenolic OH excluding ortho intramolecular Hbond substituents is 1. The highest BCUT2D eigenvalue weighted by atomic mass is 127. The van der Waals surface area contributed by atoms with Crippen LogP contribution in [0.25, 0.3) is 6.08 Å². The van der Waals surface area contributed by atoms with Crippen LogP contribution in [-0.4, -0.2) is 41.8 Å². The van der Waals surface area contributed by atoms with Crippen molar-refractivity contribution in [2.75, 3.05) is 25.7 Å². The molecule has 28 heavy (non-hydrogen) atoms. The van der Waals surface area contributed by atoms with E-state index in [4.69, 9.17) is 21.7 Å². The van der Waals surface area contributed by atoms with Crippen LogP contribution in [0.2, 0.25) is 0 Å². The van der Waals surface area contributed by atoms with Gasteiger partial charge in [0.25, 0.3) is 5.91 Å². The molecule has 0 aliphatic carbocycles. The normalized spacial score (nSPS) is 15.5. The molecule has 3 rings (SSSR count). The zero-order valence-electron chi connectivity index (χ0n) is 15.6. The predicted molar refractivity (Wildman–Crippen MR) is 121 cm³/mol. The van der Waals surface area contributed by atoms with E-state index in [1.807, 2.05) is 41.6 Å². The molecular weight excluding hydrogens is 491 g/mol. The monoisotopic (exact) mass is 510 g/mol. The maximum atomic E-state index is 13.1. The van der Waals surface area contributed by atoms with Gasteiger partial charge in [0.1, 0.15) is 11.4 Å². The zero-order chi connectivity index (χ0) is 20.4. The van der Waals surface area contributed by atoms with Crippen LogP contribution >= 0.6 is 34.8 Å². The van der Waals surface area contributed by atoms with Crippen molar-refractivity contribution in [2.45, 2.75) is 6.92 Å². The standard InChI is InChI=1S/C20H19IN2O4S/c1-4-27-14-7-5-13(6-8-14)23-19(25)16(22(2)20(23)28)10-12-9-15(21)18(24)17(11-12)26-3/h5-11,24H,4H2,1-3H3/b16-10-. The number of hydrogen-bond acceptors (Lipinski definition) is 5. The molecule has 1 heterocycles. The van der Waals surface area contributed by atoms with Gasteiger partial charge in [-0.2, -0.15) is 0 Å². The fraction of sp³-hybridized carbons (Fsp3) is 0.200. The van der Waals surface area contributed by atoms with Crippen molar-refractivity contribution >= 4 is 57.6 Å². The van der Waals surface area contributed by atoms with Crippen LogP contribution in [-0.2, 0) is 4.79 Å². The summed E-state index contributed by atoms with van der Waals surface area (Å²) in [5.41, 5.74) is 1.83. The maximum absolute atomic E-state index is 13.1. The van der Waals surface area contributed by atoms with E-state index in [1.54, 1.807) is 42.3 Å². The summed E-state index contributed by atoms with van der Waals surface area (Å²) in [6, 6.07) is 10.7. The van der Waals surface area contributed by atoms with Crippen molar-refractivity contribution in [2.24, 2.45) is 0 Å². The molecule has 1 fully saturated rings. The van der Waals surface area contributed by atoms with E-state index in [0.717, 1.165) is 11.3 Å². The topological polar surface area (TPSA) is 62.2 Å². The number of benzene rings is 2. The van der Waals surface area contributed by atoms with Crippen molar-refractivity contribution in [1.29, 1.82) is 0 Å². The van der Waals surface area contributed by atoms with Crippen LogP contribution < -0.4 is 14.4 Å². The smallest absolute Gasteiger partial charge is 0.281 e. The second-order valence-corrected chi connectivity index (χ2v) is 7.52. The quantitative estimate of drug-likeness (QED) is 0.373. The van der Waals surface area contributed by atoms with Crippen molar-refractivity contribution in [3.05, 3.63) is 51.2 Å². The number of rotatable bonds is 5. The lowest BCUT2D eigenvalue weighted by molar-refractivity contribution is -0.114. The molecule has 0 atom stereocenters. The molecule has 2 aromatic rings. The highest BCUT2D eigenvalue weighted by molar-refractivity contribution is 14.1. The van der Waals surface area contributed by atoms with Gasteiger partial charge in [0.2, 0.25) is 0 Å². The van der Waals surface area contributed by atoms with Crippen LogP contribution in [0.4, 0.5) is 5.69 Å². The number of carbonyl (C=O) groups is 1. The number of thiocarbonyl (C=S) groups is 1. The average molecular weight is 510 g/mol. The van der Waals surface area contributed by atoms with Crippen LogP contribution in [0.5, 0.6) is 17.2 Å². The van der Waals surface area contributed by atoms with Crippen LogP contribution in [0.15, 0.2) is 42.1 Å². The first kappa shape index (κ1) is 20.4. The molecule has 8 heteroatoms. The molecule has 1 aliphatic heterocycles. The summed E-state index contributed by atoms with van der Waals surface area (Å²) < 4.78 is 11.3. The van der Waals surface area contributed by atoms with Gasteiger partial charge < -0.3 is 19.5 Å². The number of halogens is 1. The molecule has 0 radical (unpaired) electrons. The number of likely N-dealkylation sites (N-methyl/N-ethyl adjacent to an activating group) is 1. The summed E-state index contributed by atoms with van der Waals surface area (Å²) in [6.07, 6.45) is 1.73. The number of hydrogen-bond donors (Lipinski definition) is 1. The second kappa shape index (κ2) is 8.36. The van der Waals surface area contributed by atoms with E-state index in [9.17, 15) is 9.90 Å². The summed E-state index contributed by atoms with van der Waals surface area (Å²) in [4.78, 5) is 16.2. The Morgan fingerprint density at radius 1 is 1.25 bits per heavy atom. The molecule has 0 saturated carbocycles. The highest BCUT2D eigenvalue weighted by Gasteiger charge is 2.36. The zero-order valence-corrected chi connectivity index (χ0v) is 18.6. The summed E-state index contributed by atoms with van der Waals surface area (Å²) in [6.45, 7) is 2.49. The van der Waals surface area contributed by atoms with Gasteiger partial charge in [-0.15, -0.1) is 0 Å². The first-order chi connectivity index (χ1) is 13.4. The third-order valence-electron chi connectivity index (χ3n) is 4.24. The van der Waals surface area contributed by atoms with Gasteiger partial charge >= 0.3 is 0 Å². The number of aromatic hydroxyl groups is 1. The first-order valence-corrected chi connectivity index (χ1v) is 9.99. The second-order valence-electron chi connectivity index (χ2n) is 5.99. The molecule has 1 amide bonds. The Labute approximate surface area is 182 Å². The number of carbonyl (C=O) groups excluding carboxylic acids is 1. The molecule has 0 unspecified atom stereocenters. The Balaban J connectivity index is 1.96. The number of methoxy groups -OCH3 is 1. The Bertz CT molecular complexity index is 959. The molecule has 1 N–H and O–H groups in total. The minimum Gasteiger partial charge on any atom is -0.504 e. The summed E-state index contributed by atoms with van der Waals surface area (Å²) in [5.74, 6) is 0.929. The fourth-order valence-electron chi connectivity index (χ4n) is 2.83. The number of anilines is 1. The van der Waals surface area contributed by atoms with Gasteiger partial charge in [-0.3, -0.25) is 9.69 Å². The number of nitrogens with zero attached hydrogens (tertiary/aromatic N) is 2. The van der Waals surface area contributed by atoms with E-state index in [-0.39, 0.29) is 11.7 Å². The van der Waals surface area contributed by atoms with Gasteiger partial charge in [0.05, 0.1) is 23.0 Å². The van der Waals surface area contributed by atoms with E-state index in [2.05, 4.69) is 0 Å². The van der Waals surface area contributed by atoms with Crippen LogP contribution in [0, 0.1) is 3.57 Å². The van der Waals surface area contributed by atoms with Gasteiger partial charge in [-0.25, -0.2) is 0 Å². The van der Waals surface area contributed by atoms with Crippen LogP contribution in [0.1, 0.15) is 12.5 Å². The average Bonchev–Trinajstić information content (AvgIpc) is 2.89. The lowest BCUT2D eigenvalue weighted by Gasteiger charge is -2.16. The number of amides is 1. The van der Waals surface area contributed by atoms with Gasteiger partial charge in [0, 0.05) is 7.05 Å². The molecule has 0 aromatic heterocycles. The van der Waals surface area contributed by atoms with Crippen molar-refractivity contribution in [1.82, 2.24) is 4.90 Å². The largest absolute Gasteiger partial charge is 0.504 e. The van der Waals surface area contributed by atoms with E-state index < -0.39 is 0 Å². The van der Waals surface area contributed by atoms with E-state index in [0.29, 0.717) is 32.4 Å². The lowest BCUT2D eigenvalue weighted by Crippen LogP contribution is -2.31. The van der Waals surface area contributed by atoms with Crippen molar-refractivity contribution in [3.8, 4) is 17.2 Å². The number of ether oxygens (including phenoxy) is 2. The summed E-state index contributed by atoms with van der Waals surface area (Å²) in [5, 5.41) is 10.4. The summed E-state index contributed by atoms with van der Waals surface area (Å²) in [7, 11) is 3.24. The first-order valence-electron chi connectivity index (χ1n) is 8.50. The maximum Gasteiger partial charge on any atom is 0.281 e. The van der Waals surface area contributed by atoms with Gasteiger partial charge in [-0.05, 0) is 89.8 Å². The molecule has 0 bridgehead atoms. The third-order valence-corrected chi connectivity index (χ3v) is 5.52. The van der Waals surface area contributed by atoms with E-state index >= 15 is 0 Å². The Morgan fingerprint density at radius 2 is 1.93 bits per heavy atom.